The van der Waals surface area contributed by atoms with Gasteiger partial charge in [-0.1, -0.05) is 45.0 Å². The van der Waals surface area contributed by atoms with E-state index in [1.807, 2.05) is 22.9 Å². The number of carbonyl (C=O) groups is 2. The van der Waals surface area contributed by atoms with Gasteiger partial charge < -0.3 is 26.0 Å². The Morgan fingerprint density at radius 2 is 1.73 bits per heavy atom. The highest BCUT2D eigenvalue weighted by molar-refractivity contribution is 5.87. The normalized spacial score (nSPS) is 15.6. The molecule has 2 aromatic carbocycles. The topological polar surface area (TPSA) is 124 Å². The molecule has 1 aliphatic heterocycles. The Balaban J connectivity index is 1.20. The molecular weight excluding hydrogens is 602 g/mol. The van der Waals surface area contributed by atoms with Gasteiger partial charge in [0, 0.05) is 56.0 Å². The third-order valence-corrected chi connectivity index (χ3v) is 9.03. The lowest BCUT2D eigenvalue weighted by Crippen LogP contribution is -2.48. The largest absolute Gasteiger partial charge is 0.508 e. The van der Waals surface area contributed by atoms with E-state index in [2.05, 4.69) is 77.9 Å². The summed E-state index contributed by atoms with van der Waals surface area (Å²) >= 11 is 0. The van der Waals surface area contributed by atoms with Crippen molar-refractivity contribution < 1.29 is 14.7 Å². The summed E-state index contributed by atoms with van der Waals surface area (Å²) in [6.45, 7) is 8.77. The molecule has 1 aliphatic rings. The smallest absolute Gasteiger partial charge is 0.242 e. The van der Waals surface area contributed by atoms with Gasteiger partial charge in [0.15, 0.2) is 0 Å². The van der Waals surface area contributed by atoms with Gasteiger partial charge in [0.25, 0.3) is 0 Å². The van der Waals surface area contributed by atoms with Crippen LogP contribution in [0, 0.1) is 0 Å². The minimum absolute atomic E-state index is 0.0444. The first-order valence-electron chi connectivity index (χ1n) is 17.0. The molecule has 2 atom stereocenters. The highest BCUT2D eigenvalue weighted by Crippen LogP contribution is 2.27. The van der Waals surface area contributed by atoms with Crippen molar-refractivity contribution >= 4 is 17.6 Å². The molecule has 0 aliphatic carbocycles. The van der Waals surface area contributed by atoms with Crippen molar-refractivity contribution in [3.63, 3.8) is 0 Å². The summed E-state index contributed by atoms with van der Waals surface area (Å²) in [6.07, 6.45) is 7.87. The number of carbonyl (C=O) groups excluding carboxylic acids is 2. The quantitative estimate of drug-likeness (QED) is 0.134. The molecule has 1 fully saturated rings. The van der Waals surface area contributed by atoms with Gasteiger partial charge in [0.1, 0.15) is 17.6 Å². The van der Waals surface area contributed by atoms with E-state index in [0.29, 0.717) is 32.0 Å². The Morgan fingerprint density at radius 1 is 1.00 bits per heavy atom. The van der Waals surface area contributed by atoms with Crippen molar-refractivity contribution in [2.24, 2.45) is 0 Å². The monoisotopic (exact) mass is 651 g/mol. The molecule has 3 heterocycles. The van der Waals surface area contributed by atoms with E-state index < -0.39 is 6.04 Å². The number of rotatable bonds is 14. The summed E-state index contributed by atoms with van der Waals surface area (Å²) in [5, 5.41) is 24.1. The SMILES string of the molecule is CN1CCCC1CCNC(=O)C(Cc1ccc(O)cc1)NC(=O)CCCNc1cc(-c2ccncc2)nn1-c1ccc(C(C)(C)C)cc1. The van der Waals surface area contributed by atoms with Gasteiger partial charge in [-0.15, -0.1) is 0 Å². The number of pyridine rings is 1. The number of phenols is 1. The van der Waals surface area contributed by atoms with Crippen LogP contribution in [-0.4, -0.2) is 75.4 Å². The van der Waals surface area contributed by atoms with Gasteiger partial charge in [-0.25, -0.2) is 4.68 Å². The second-order valence-electron chi connectivity index (χ2n) is 13.7. The van der Waals surface area contributed by atoms with E-state index >= 15 is 0 Å². The highest BCUT2D eigenvalue weighted by Gasteiger charge is 2.24. The summed E-state index contributed by atoms with van der Waals surface area (Å²) in [4.78, 5) is 32.9. The van der Waals surface area contributed by atoms with Crippen molar-refractivity contribution in [2.45, 2.75) is 76.8 Å². The molecule has 2 unspecified atom stereocenters. The number of nitrogens with zero attached hydrogens (tertiary/aromatic N) is 4. The number of phenolic OH excluding ortho intramolecular Hbond substituents is 1. The first-order chi connectivity index (χ1) is 23.1. The Labute approximate surface area is 284 Å². The van der Waals surface area contributed by atoms with Crippen molar-refractivity contribution in [1.29, 1.82) is 0 Å². The second-order valence-corrected chi connectivity index (χ2v) is 13.7. The van der Waals surface area contributed by atoms with Crippen molar-refractivity contribution in [3.05, 3.63) is 90.3 Å². The average Bonchev–Trinajstić information content (AvgIpc) is 3.69. The van der Waals surface area contributed by atoms with Crippen molar-refractivity contribution in [2.75, 3.05) is 32.0 Å². The maximum atomic E-state index is 13.3. The zero-order valence-electron chi connectivity index (χ0n) is 28.6. The van der Waals surface area contributed by atoms with E-state index in [0.717, 1.165) is 47.7 Å². The molecule has 254 valence electrons. The molecule has 0 spiro atoms. The van der Waals surface area contributed by atoms with Crippen molar-refractivity contribution in [3.8, 4) is 22.7 Å². The number of hydrogen-bond acceptors (Lipinski definition) is 7. The molecule has 2 aromatic heterocycles. The minimum Gasteiger partial charge on any atom is -0.508 e. The van der Waals surface area contributed by atoms with Crippen LogP contribution in [0.25, 0.3) is 16.9 Å². The molecule has 2 amide bonds. The summed E-state index contributed by atoms with van der Waals surface area (Å²) < 4.78 is 1.89. The van der Waals surface area contributed by atoms with Gasteiger partial charge >= 0.3 is 0 Å². The first kappa shape index (κ1) is 34.6. The van der Waals surface area contributed by atoms with Gasteiger partial charge in [0.2, 0.25) is 11.8 Å². The molecule has 48 heavy (non-hydrogen) atoms. The minimum atomic E-state index is -0.711. The van der Waals surface area contributed by atoms with E-state index in [4.69, 9.17) is 5.10 Å². The number of aromatic nitrogens is 3. The fourth-order valence-electron chi connectivity index (χ4n) is 6.11. The standard InChI is InChI=1S/C38H49N7O3/c1-38(2,3)29-11-13-31(14-12-29)45-35(26-33(43-45)28-17-21-39-22-18-28)40-20-5-8-36(47)42-34(25-27-9-15-32(46)16-10-27)37(48)41-23-19-30-7-6-24-44(30)4/h9-18,21-22,26,30,34,40,46H,5-8,19-20,23-25H2,1-4H3,(H,41,48)(H,42,47). The number of anilines is 1. The predicted octanol–water partition coefficient (Wildman–Crippen LogP) is 5.46. The highest BCUT2D eigenvalue weighted by atomic mass is 16.3. The lowest BCUT2D eigenvalue weighted by atomic mass is 9.87. The van der Waals surface area contributed by atoms with Crippen LogP contribution in [0.2, 0.25) is 0 Å². The molecule has 0 bridgehead atoms. The fourth-order valence-corrected chi connectivity index (χ4v) is 6.11. The molecular formula is C38H49N7O3. The van der Waals surface area contributed by atoms with Crippen LogP contribution in [0.15, 0.2) is 79.1 Å². The van der Waals surface area contributed by atoms with Gasteiger partial charge in [-0.2, -0.15) is 5.10 Å². The predicted molar refractivity (Wildman–Crippen MR) is 190 cm³/mol. The van der Waals surface area contributed by atoms with Crippen LogP contribution in [0.1, 0.15) is 64.0 Å². The Bertz CT molecular complexity index is 1630. The molecule has 0 radical (unpaired) electrons. The number of amides is 2. The summed E-state index contributed by atoms with van der Waals surface area (Å²) in [5.74, 6) is 0.603. The second kappa shape index (κ2) is 15.9. The average molecular weight is 652 g/mol. The van der Waals surface area contributed by atoms with Crippen molar-refractivity contribution in [1.82, 2.24) is 30.3 Å². The van der Waals surface area contributed by atoms with Crippen LogP contribution in [0.5, 0.6) is 5.75 Å². The van der Waals surface area contributed by atoms with Crippen LogP contribution in [0.4, 0.5) is 5.82 Å². The Hall–Kier alpha value is -4.70. The third-order valence-electron chi connectivity index (χ3n) is 9.03. The zero-order valence-corrected chi connectivity index (χ0v) is 28.6. The number of likely N-dealkylation sites (tertiary alicyclic amines) is 1. The lowest BCUT2D eigenvalue weighted by molar-refractivity contribution is -0.129. The van der Waals surface area contributed by atoms with E-state index in [9.17, 15) is 14.7 Å². The fraction of sp³-hybridized carbons (Fsp3) is 0.421. The molecule has 4 N–H and O–H groups in total. The molecule has 5 rings (SSSR count). The van der Waals surface area contributed by atoms with Crippen LogP contribution in [-0.2, 0) is 21.4 Å². The Kier molecular flexibility index (Phi) is 11.5. The summed E-state index contributed by atoms with van der Waals surface area (Å²) in [6, 6.07) is 20.8. The first-order valence-corrected chi connectivity index (χ1v) is 17.0. The summed E-state index contributed by atoms with van der Waals surface area (Å²) in [5.41, 5.74) is 4.87. The summed E-state index contributed by atoms with van der Waals surface area (Å²) in [7, 11) is 2.13. The van der Waals surface area contributed by atoms with Gasteiger partial charge in [-0.05, 0) is 92.2 Å². The maximum absolute atomic E-state index is 13.3. The van der Waals surface area contributed by atoms with Gasteiger partial charge in [0.05, 0.1) is 11.4 Å². The number of hydrogen-bond donors (Lipinski definition) is 4. The number of nitrogens with one attached hydrogen (secondary N) is 3. The maximum Gasteiger partial charge on any atom is 0.242 e. The van der Waals surface area contributed by atoms with Crippen LogP contribution >= 0.6 is 0 Å². The zero-order chi connectivity index (χ0) is 34.1. The van der Waals surface area contributed by atoms with Gasteiger partial charge in [-0.3, -0.25) is 14.6 Å². The van der Waals surface area contributed by atoms with E-state index in [-0.39, 0.29) is 29.4 Å². The number of aromatic hydroxyl groups is 1. The molecule has 10 heteroatoms. The van der Waals surface area contributed by atoms with E-state index in [1.165, 1.54) is 12.0 Å². The molecule has 4 aromatic rings. The third kappa shape index (κ3) is 9.44. The molecule has 10 nitrogen and oxygen atoms in total. The van der Waals surface area contributed by atoms with E-state index in [1.54, 1.807) is 36.7 Å². The molecule has 1 saturated heterocycles. The number of benzene rings is 2. The Morgan fingerprint density at radius 3 is 2.40 bits per heavy atom. The van der Waals surface area contributed by atoms with Crippen LogP contribution < -0.4 is 16.0 Å². The lowest BCUT2D eigenvalue weighted by Gasteiger charge is -2.22. The molecule has 0 saturated carbocycles. The van der Waals surface area contributed by atoms with Crippen LogP contribution in [0.3, 0.4) is 0 Å².